The highest BCUT2D eigenvalue weighted by molar-refractivity contribution is 7.99. The number of carbonyl (C=O) groups excluding carboxylic acids is 1. The van der Waals surface area contributed by atoms with Crippen molar-refractivity contribution in [2.24, 2.45) is 10.8 Å². The quantitative estimate of drug-likeness (QED) is 0.166. The van der Waals surface area contributed by atoms with Crippen LogP contribution in [0.5, 0.6) is 0 Å². The Morgan fingerprint density at radius 2 is 1.23 bits per heavy atom. The molecule has 0 bridgehead atoms. The Kier molecular flexibility index (Phi) is 14.3. The highest BCUT2D eigenvalue weighted by Crippen LogP contribution is 2.48. The van der Waals surface area contributed by atoms with Gasteiger partial charge in [-0.25, -0.2) is 0 Å². The first-order valence-corrected chi connectivity index (χ1v) is 19.8. The van der Waals surface area contributed by atoms with E-state index < -0.39 is 0 Å². The monoisotopic (exact) mass is 676 g/mol. The minimum absolute atomic E-state index is 0. The zero-order chi connectivity index (χ0) is 33.1. The lowest BCUT2D eigenvalue weighted by atomic mass is 9.70. The van der Waals surface area contributed by atoms with Gasteiger partial charge in [0.05, 0.1) is 5.92 Å². The molecule has 0 amide bonds. The summed E-state index contributed by atoms with van der Waals surface area (Å²) in [5.41, 5.74) is 6.58. The third kappa shape index (κ3) is 8.58. The van der Waals surface area contributed by atoms with Crippen molar-refractivity contribution in [2.45, 2.75) is 102 Å². The van der Waals surface area contributed by atoms with E-state index in [-0.39, 0.29) is 18.8 Å². The maximum absolute atomic E-state index is 13.8. The smallest absolute Gasteiger partial charge is 0.151 e. The average Bonchev–Trinajstić information content (AvgIpc) is 3.38. The molecule has 3 heteroatoms. The Hall–Kier alpha value is -3.01. The molecule has 0 N–H and O–H groups in total. The van der Waals surface area contributed by atoms with E-state index in [4.69, 9.17) is 0 Å². The maximum Gasteiger partial charge on any atom is 0.151 e. The molecule has 0 saturated heterocycles. The van der Waals surface area contributed by atoms with Gasteiger partial charge in [-0.05, 0) is 71.1 Å². The molecule has 0 spiro atoms. The van der Waals surface area contributed by atoms with E-state index in [1.165, 1.54) is 63.5 Å². The Labute approximate surface area is 300 Å². The van der Waals surface area contributed by atoms with Gasteiger partial charge in [0.1, 0.15) is 0 Å². The van der Waals surface area contributed by atoms with Crippen molar-refractivity contribution in [3.8, 4) is 0 Å². The van der Waals surface area contributed by atoms with Crippen molar-refractivity contribution in [1.82, 2.24) is 0 Å². The third-order valence-corrected chi connectivity index (χ3v) is 13.1. The molecule has 2 aliphatic heterocycles. The van der Waals surface area contributed by atoms with Crippen molar-refractivity contribution in [3.63, 3.8) is 0 Å². The van der Waals surface area contributed by atoms with E-state index >= 15 is 0 Å². The summed E-state index contributed by atoms with van der Waals surface area (Å²) in [6, 6.07) is 38.6. The van der Waals surface area contributed by atoms with Crippen molar-refractivity contribution >= 4 is 34.9 Å². The molecule has 1 nitrogen and oxygen atoms in total. The standard InChI is InChI=1S/C22H26OS.C22H26S.CH4/c1-3-5-15-22(4-2)16-24-19-14-10-9-13-18(19)20(21(22)23)17-11-7-6-8-12-17;1-3-5-15-22(4-2)16-20(18-11-7-6-8-12-18)19-13-9-10-14-21(19)23-17-22;/h6-14,20H,3-5,15-16H2,1-2H3;6-14,16H,3-5,15,17H2,1-2H3;1H4. The van der Waals surface area contributed by atoms with Gasteiger partial charge in [0.25, 0.3) is 0 Å². The third-order valence-electron chi connectivity index (χ3n) is 10.3. The predicted octanol–water partition coefficient (Wildman–Crippen LogP) is 13.5. The van der Waals surface area contributed by atoms with Gasteiger partial charge in [0.2, 0.25) is 0 Å². The van der Waals surface area contributed by atoms with Gasteiger partial charge in [-0.15, -0.1) is 23.5 Å². The number of carbonyl (C=O) groups is 1. The molecule has 0 aliphatic carbocycles. The number of thioether (sulfide) groups is 2. The van der Waals surface area contributed by atoms with Crippen LogP contribution in [0.4, 0.5) is 0 Å². The van der Waals surface area contributed by atoms with Crippen LogP contribution in [0.25, 0.3) is 5.57 Å². The molecule has 0 fully saturated rings. The topological polar surface area (TPSA) is 17.1 Å². The van der Waals surface area contributed by atoms with Gasteiger partial charge in [-0.2, -0.15) is 0 Å². The van der Waals surface area contributed by atoms with Gasteiger partial charge in [-0.3, -0.25) is 4.79 Å². The maximum atomic E-state index is 13.8. The van der Waals surface area contributed by atoms with Crippen LogP contribution in [0.3, 0.4) is 0 Å². The number of allylic oxidation sites excluding steroid dienone is 1. The minimum atomic E-state index is -0.208. The molecular weight excluding hydrogens is 621 g/mol. The Balaban J connectivity index is 0.000000212. The van der Waals surface area contributed by atoms with E-state index in [9.17, 15) is 4.79 Å². The first kappa shape index (κ1) is 37.8. The fourth-order valence-corrected chi connectivity index (χ4v) is 9.93. The molecule has 2 heterocycles. The first-order chi connectivity index (χ1) is 23.0. The Morgan fingerprint density at radius 3 is 1.90 bits per heavy atom. The molecule has 0 saturated carbocycles. The van der Waals surface area contributed by atoms with E-state index in [0.717, 1.165) is 37.0 Å². The highest BCUT2D eigenvalue weighted by atomic mass is 32.2. The molecular formula is C45H56OS2. The fourth-order valence-electron chi connectivity index (χ4n) is 7.10. The summed E-state index contributed by atoms with van der Waals surface area (Å²) in [5, 5.41) is 0. The second-order valence-corrected chi connectivity index (χ2v) is 15.3. The summed E-state index contributed by atoms with van der Waals surface area (Å²) < 4.78 is 0. The van der Waals surface area contributed by atoms with Gasteiger partial charge in [0, 0.05) is 26.7 Å². The van der Waals surface area contributed by atoms with Crippen molar-refractivity contribution in [1.29, 1.82) is 0 Å². The van der Waals surface area contributed by atoms with Crippen molar-refractivity contribution in [3.05, 3.63) is 138 Å². The van der Waals surface area contributed by atoms with Crippen molar-refractivity contribution in [2.75, 3.05) is 11.5 Å². The number of unbranched alkanes of at least 4 members (excludes halogenated alkanes) is 2. The normalized spacial score (nSPS) is 21.6. The van der Waals surface area contributed by atoms with Crippen LogP contribution in [-0.4, -0.2) is 17.3 Å². The molecule has 254 valence electrons. The molecule has 6 rings (SSSR count). The second-order valence-electron chi connectivity index (χ2n) is 13.3. The molecule has 4 aromatic carbocycles. The van der Waals surface area contributed by atoms with E-state index in [1.54, 1.807) is 0 Å². The van der Waals surface area contributed by atoms with Gasteiger partial charge < -0.3 is 0 Å². The molecule has 0 radical (unpaired) electrons. The van der Waals surface area contributed by atoms with E-state index in [0.29, 0.717) is 11.2 Å². The highest BCUT2D eigenvalue weighted by Gasteiger charge is 2.44. The summed E-state index contributed by atoms with van der Waals surface area (Å²) in [6.07, 6.45) is 11.9. The van der Waals surface area contributed by atoms with Crippen LogP contribution < -0.4 is 0 Å². The number of hydrogen-bond acceptors (Lipinski definition) is 3. The number of Topliss-reactive ketones (excluding diaryl/α,β-unsaturated/α-hetero) is 1. The van der Waals surface area contributed by atoms with Crippen LogP contribution in [0, 0.1) is 10.8 Å². The summed E-state index contributed by atoms with van der Waals surface area (Å²) in [7, 11) is 0. The van der Waals surface area contributed by atoms with Gasteiger partial charge in [-0.1, -0.05) is 164 Å². The zero-order valence-corrected chi connectivity index (χ0v) is 30.5. The first-order valence-electron chi connectivity index (χ1n) is 17.8. The van der Waals surface area contributed by atoms with Crippen LogP contribution in [-0.2, 0) is 4.79 Å². The van der Waals surface area contributed by atoms with E-state index in [1.807, 2.05) is 41.7 Å². The molecule has 3 unspecified atom stereocenters. The van der Waals surface area contributed by atoms with Crippen LogP contribution in [0.1, 0.15) is 115 Å². The summed E-state index contributed by atoms with van der Waals surface area (Å²) in [5.74, 6) is 2.38. The van der Waals surface area contributed by atoms with Crippen LogP contribution in [0.15, 0.2) is 125 Å². The zero-order valence-electron chi connectivity index (χ0n) is 28.8. The largest absolute Gasteiger partial charge is 0.298 e. The minimum Gasteiger partial charge on any atom is -0.298 e. The molecule has 3 atom stereocenters. The summed E-state index contributed by atoms with van der Waals surface area (Å²) in [6.45, 7) is 9.04. The number of hydrogen-bond donors (Lipinski definition) is 0. The van der Waals surface area contributed by atoms with Crippen LogP contribution >= 0.6 is 23.5 Å². The molecule has 4 aromatic rings. The number of fused-ring (bicyclic) bond motifs is 2. The number of benzene rings is 4. The van der Waals surface area contributed by atoms with Crippen molar-refractivity contribution < 1.29 is 4.79 Å². The summed E-state index contributed by atoms with van der Waals surface area (Å²) >= 11 is 3.91. The van der Waals surface area contributed by atoms with Gasteiger partial charge in [0.15, 0.2) is 5.78 Å². The Morgan fingerprint density at radius 1 is 0.646 bits per heavy atom. The predicted molar refractivity (Wildman–Crippen MR) is 212 cm³/mol. The fraction of sp³-hybridized carbons (Fsp3) is 0.400. The lowest BCUT2D eigenvalue weighted by Crippen LogP contribution is -2.36. The molecule has 2 aliphatic rings. The van der Waals surface area contributed by atoms with Gasteiger partial charge >= 0.3 is 0 Å². The second kappa shape index (κ2) is 18.1. The molecule has 0 aromatic heterocycles. The SMILES string of the molecule is C.CCCCC1(CC)C=C(c2ccccc2)c2ccccc2SC1.CCCCC1(CC)CSc2ccccc2C(c2ccccc2)C1=O. The van der Waals surface area contributed by atoms with E-state index in [2.05, 4.69) is 125 Å². The summed E-state index contributed by atoms with van der Waals surface area (Å²) in [4.78, 5) is 16.4. The van der Waals surface area contributed by atoms with Crippen LogP contribution in [0.2, 0.25) is 0 Å². The average molecular weight is 677 g/mol. The Bertz CT molecular complexity index is 1610. The lowest BCUT2D eigenvalue weighted by Gasteiger charge is -2.32. The number of ketones is 1. The molecule has 48 heavy (non-hydrogen) atoms. The lowest BCUT2D eigenvalue weighted by molar-refractivity contribution is -0.128. The number of rotatable bonds is 10.